The minimum atomic E-state index is -4.58. The molecular weight excluding hydrogens is 315 g/mol. The lowest BCUT2D eigenvalue weighted by atomic mass is 10.2. The van der Waals surface area contributed by atoms with Crippen molar-refractivity contribution in [3.8, 4) is 0 Å². The summed E-state index contributed by atoms with van der Waals surface area (Å²) in [5.41, 5.74) is -0.0838. The molecule has 0 saturated carbocycles. The molecule has 0 atom stereocenters. The highest BCUT2D eigenvalue weighted by atomic mass is 32.2. The molecule has 0 aliphatic heterocycles. The van der Waals surface area contributed by atoms with Gasteiger partial charge in [0, 0.05) is 6.54 Å². The molecule has 3 nitrogen and oxygen atoms in total. The minimum Gasteiger partial charge on any atom is -0.211 e. The number of hydrogen-bond acceptors (Lipinski definition) is 2. The van der Waals surface area contributed by atoms with Gasteiger partial charge in [0.05, 0.1) is 10.5 Å². The first-order valence-corrected chi connectivity index (χ1v) is 7.89. The van der Waals surface area contributed by atoms with Crippen LogP contribution in [0.4, 0.5) is 13.2 Å². The molecule has 0 aromatic heterocycles. The van der Waals surface area contributed by atoms with Gasteiger partial charge in [-0.2, -0.15) is 13.2 Å². The number of nitrogens with one attached hydrogen (secondary N) is 1. The molecule has 0 spiro atoms. The van der Waals surface area contributed by atoms with Crippen LogP contribution in [0.15, 0.2) is 53.4 Å². The minimum absolute atomic E-state index is 0.0998. The van der Waals surface area contributed by atoms with E-state index in [1.165, 1.54) is 0 Å². The molecule has 22 heavy (non-hydrogen) atoms. The van der Waals surface area contributed by atoms with E-state index in [4.69, 9.17) is 0 Å². The normalized spacial score (nSPS) is 12.3. The monoisotopic (exact) mass is 328 g/mol. The van der Waals surface area contributed by atoms with Gasteiger partial charge in [0.15, 0.2) is 0 Å². The highest BCUT2D eigenvalue weighted by Crippen LogP contribution is 2.30. The highest BCUT2D eigenvalue weighted by molar-refractivity contribution is 7.89. The first-order valence-electron chi connectivity index (χ1n) is 6.41. The zero-order chi connectivity index (χ0) is 16.2. The molecule has 0 amide bonds. The predicted molar refractivity (Wildman–Crippen MR) is 75.6 cm³/mol. The average Bonchev–Trinajstić information content (AvgIpc) is 2.47. The molecule has 2 aromatic rings. The Labute approximate surface area is 126 Å². The molecule has 0 saturated heterocycles. The van der Waals surface area contributed by atoms with Crippen molar-refractivity contribution in [1.82, 2.24) is 4.72 Å². The van der Waals surface area contributed by atoms with Gasteiger partial charge in [0.25, 0.3) is 0 Å². The zero-order valence-corrected chi connectivity index (χ0v) is 12.2. The number of benzene rings is 2. The number of hydrogen-bond donors (Lipinski definition) is 1. The fourth-order valence-corrected chi connectivity index (χ4v) is 2.92. The molecule has 117 valence electrons. The molecule has 2 aromatic carbocycles. The summed E-state index contributed by atoms with van der Waals surface area (Å²) in [5, 5.41) is 0. The Balaban J connectivity index is 2.07. The van der Waals surface area contributed by atoms with E-state index in [1.807, 2.05) is 0 Å². The van der Waals surface area contributed by atoms with Crippen molar-refractivity contribution in [3.63, 3.8) is 0 Å². The predicted octanol–water partition coefficient (Wildman–Crippen LogP) is 3.03. The number of halogens is 3. The van der Waals surface area contributed by atoms with Crippen LogP contribution in [0.3, 0.4) is 0 Å². The second-order valence-electron chi connectivity index (χ2n) is 4.58. The van der Waals surface area contributed by atoms with Gasteiger partial charge in [0.2, 0.25) is 10.0 Å². The highest BCUT2D eigenvalue weighted by Gasteiger charge is 2.31. The van der Waals surface area contributed by atoms with Gasteiger partial charge in [-0.3, -0.25) is 0 Å². The van der Waals surface area contributed by atoms with E-state index in [-0.39, 0.29) is 6.54 Å². The molecule has 0 aliphatic rings. The van der Waals surface area contributed by atoms with Gasteiger partial charge < -0.3 is 0 Å². The van der Waals surface area contributed by atoms with Crippen molar-refractivity contribution in [2.45, 2.75) is 17.5 Å². The van der Waals surface area contributed by atoms with Gasteiger partial charge in [-0.15, -0.1) is 0 Å². The second kappa shape index (κ2) is 6.50. The van der Waals surface area contributed by atoms with E-state index >= 15 is 0 Å². The Morgan fingerprint density at radius 1 is 1.09 bits per heavy atom. The third kappa shape index (κ3) is 4.32. The van der Waals surface area contributed by atoms with Crippen molar-refractivity contribution in [2.75, 3.05) is 6.54 Å². The van der Waals surface area contributed by atoms with Gasteiger partial charge in [-0.05, 0) is 36.2 Å². The van der Waals surface area contributed by atoms with Crippen LogP contribution in [0.2, 0.25) is 0 Å². The maximum Gasteiger partial charge on any atom is 0.416 e. The van der Waals surface area contributed by atoms with E-state index in [2.05, 4.69) is 10.8 Å². The average molecular weight is 328 g/mol. The number of rotatable bonds is 5. The first-order chi connectivity index (χ1) is 10.3. The first kappa shape index (κ1) is 16.5. The summed E-state index contributed by atoms with van der Waals surface area (Å²) in [5.74, 6) is 0. The van der Waals surface area contributed by atoms with Gasteiger partial charge in [0.1, 0.15) is 0 Å². The van der Waals surface area contributed by atoms with E-state index in [0.717, 1.165) is 23.8 Å². The maximum atomic E-state index is 12.6. The maximum absolute atomic E-state index is 12.6. The van der Waals surface area contributed by atoms with Crippen molar-refractivity contribution in [3.05, 3.63) is 65.7 Å². The van der Waals surface area contributed by atoms with Crippen molar-refractivity contribution < 1.29 is 21.6 Å². The van der Waals surface area contributed by atoms with Crippen molar-refractivity contribution >= 4 is 10.0 Å². The van der Waals surface area contributed by atoms with Gasteiger partial charge in [-0.1, -0.05) is 30.3 Å². The van der Waals surface area contributed by atoms with Crippen LogP contribution in [0, 0.1) is 6.07 Å². The molecule has 0 heterocycles. The Bertz CT molecular complexity index is 728. The van der Waals surface area contributed by atoms with Crippen molar-refractivity contribution in [2.24, 2.45) is 0 Å². The van der Waals surface area contributed by atoms with Crippen LogP contribution in [-0.2, 0) is 22.6 Å². The Morgan fingerprint density at radius 2 is 1.77 bits per heavy atom. The largest absolute Gasteiger partial charge is 0.416 e. The number of sulfonamides is 1. The summed E-state index contributed by atoms with van der Waals surface area (Å²) in [6.07, 6.45) is -4.14. The van der Waals surface area contributed by atoms with Crippen LogP contribution in [0.5, 0.6) is 0 Å². The molecule has 1 radical (unpaired) electrons. The lowest BCUT2D eigenvalue weighted by Crippen LogP contribution is -2.26. The van der Waals surface area contributed by atoms with E-state index in [0.29, 0.717) is 12.5 Å². The van der Waals surface area contributed by atoms with Crippen LogP contribution in [0.1, 0.15) is 11.1 Å². The number of alkyl halides is 3. The van der Waals surface area contributed by atoms with Gasteiger partial charge >= 0.3 is 6.18 Å². The van der Waals surface area contributed by atoms with Crippen LogP contribution in [-0.4, -0.2) is 15.0 Å². The molecule has 0 bridgehead atoms. The second-order valence-corrected chi connectivity index (χ2v) is 6.35. The third-order valence-electron chi connectivity index (χ3n) is 2.96. The van der Waals surface area contributed by atoms with Crippen LogP contribution >= 0.6 is 0 Å². The quantitative estimate of drug-likeness (QED) is 0.917. The zero-order valence-electron chi connectivity index (χ0n) is 11.4. The summed E-state index contributed by atoms with van der Waals surface area (Å²) < 4.78 is 64.2. The molecular formula is C15H13F3NO2S. The van der Waals surface area contributed by atoms with E-state index < -0.39 is 26.7 Å². The Hall–Kier alpha value is -1.86. The summed E-state index contributed by atoms with van der Waals surface area (Å²) in [7, 11) is -3.97. The third-order valence-corrected chi connectivity index (χ3v) is 4.42. The molecule has 1 N–H and O–H groups in total. The SMILES string of the molecule is O=S(=O)(NCCc1cc[c]cc1)c1cccc(C(F)(F)F)c1. The molecule has 0 aliphatic carbocycles. The lowest BCUT2D eigenvalue weighted by molar-refractivity contribution is -0.137. The fraction of sp³-hybridized carbons (Fsp3) is 0.200. The van der Waals surface area contributed by atoms with E-state index in [9.17, 15) is 21.6 Å². The summed E-state index contributed by atoms with van der Waals surface area (Å²) in [6.45, 7) is 0.0998. The standard InChI is InChI=1S/C15H13F3NO2S/c16-15(17,18)13-7-4-8-14(11-13)22(20,21)19-10-9-12-5-2-1-3-6-12/h2-8,11,19H,9-10H2. The summed E-state index contributed by atoms with van der Waals surface area (Å²) in [4.78, 5) is -0.399. The molecule has 0 fully saturated rings. The molecule has 7 heteroatoms. The Kier molecular flexibility index (Phi) is 4.87. The Morgan fingerprint density at radius 3 is 2.41 bits per heavy atom. The summed E-state index contributed by atoms with van der Waals surface area (Å²) in [6, 6.07) is 13.5. The smallest absolute Gasteiger partial charge is 0.211 e. The van der Waals surface area contributed by atoms with Crippen LogP contribution in [0.25, 0.3) is 0 Å². The topological polar surface area (TPSA) is 46.2 Å². The lowest BCUT2D eigenvalue weighted by Gasteiger charge is -2.10. The van der Waals surface area contributed by atoms with Crippen molar-refractivity contribution in [1.29, 1.82) is 0 Å². The summed E-state index contributed by atoms with van der Waals surface area (Å²) >= 11 is 0. The van der Waals surface area contributed by atoms with E-state index in [1.54, 1.807) is 24.3 Å². The molecule has 2 rings (SSSR count). The van der Waals surface area contributed by atoms with Crippen LogP contribution < -0.4 is 4.72 Å². The fourth-order valence-electron chi connectivity index (χ4n) is 1.84. The molecule has 0 unspecified atom stereocenters. The van der Waals surface area contributed by atoms with Gasteiger partial charge in [-0.25, -0.2) is 13.1 Å².